The van der Waals surface area contributed by atoms with E-state index in [0.29, 0.717) is 4.47 Å². The second-order valence-electron chi connectivity index (χ2n) is 3.40. The summed E-state index contributed by atoms with van der Waals surface area (Å²) >= 11 is 3.20. The number of nitrogens with zero attached hydrogens (tertiary/aromatic N) is 3. The van der Waals surface area contributed by atoms with Crippen LogP contribution in [-0.4, -0.2) is 29.4 Å². The maximum atomic E-state index is 11.6. The van der Waals surface area contributed by atoms with Crippen LogP contribution in [0.3, 0.4) is 0 Å². The Hall–Kier alpha value is -1.41. The third kappa shape index (κ3) is 2.32. The van der Waals surface area contributed by atoms with E-state index in [9.17, 15) is 8.42 Å². The van der Waals surface area contributed by atoms with Crippen LogP contribution in [-0.2, 0) is 9.84 Å². The van der Waals surface area contributed by atoms with Gasteiger partial charge in [0.05, 0.1) is 4.47 Å². The zero-order valence-electron chi connectivity index (χ0n) is 8.83. The molecular weight excluding hydrogens is 308 g/mol. The van der Waals surface area contributed by atoms with Crippen LogP contribution in [0.1, 0.15) is 0 Å². The number of nitrogens with two attached hydrogens (primary N) is 1. The molecule has 8 heteroatoms. The molecule has 0 aliphatic carbocycles. The molecule has 17 heavy (non-hydrogen) atoms. The van der Waals surface area contributed by atoms with Crippen molar-refractivity contribution >= 4 is 31.6 Å². The van der Waals surface area contributed by atoms with E-state index < -0.39 is 9.84 Å². The number of anilines is 1. The topological polar surface area (TPSA) is 90.9 Å². The number of nitrogen functional groups attached to an aromatic ring is 1. The molecule has 2 aromatic heterocycles. The van der Waals surface area contributed by atoms with Gasteiger partial charge in [0.15, 0.2) is 21.5 Å². The maximum Gasteiger partial charge on any atom is 0.179 e. The van der Waals surface area contributed by atoms with Crippen molar-refractivity contribution < 1.29 is 8.42 Å². The summed E-state index contributed by atoms with van der Waals surface area (Å²) < 4.78 is 25.1. The van der Waals surface area contributed by atoms with Crippen molar-refractivity contribution in [3.8, 4) is 5.82 Å². The summed E-state index contributed by atoms with van der Waals surface area (Å²) in [6.07, 6.45) is 4.18. The van der Waals surface area contributed by atoms with Gasteiger partial charge in [0.2, 0.25) is 0 Å². The lowest BCUT2D eigenvalue weighted by molar-refractivity contribution is 0.600. The SMILES string of the molecule is CS(=O)(=O)c1cccnc1-n1cc(Br)c(N)n1. The van der Waals surface area contributed by atoms with Crippen molar-refractivity contribution in [2.24, 2.45) is 0 Å². The largest absolute Gasteiger partial charge is 0.381 e. The van der Waals surface area contributed by atoms with E-state index in [-0.39, 0.29) is 16.5 Å². The Labute approximate surface area is 107 Å². The molecule has 2 N–H and O–H groups in total. The lowest BCUT2D eigenvalue weighted by Gasteiger charge is -2.05. The molecule has 2 heterocycles. The van der Waals surface area contributed by atoms with Crippen molar-refractivity contribution in [1.29, 1.82) is 0 Å². The third-order valence-corrected chi connectivity index (χ3v) is 3.79. The molecule has 0 saturated carbocycles. The number of halogens is 1. The lowest BCUT2D eigenvalue weighted by Crippen LogP contribution is -2.08. The molecule has 2 rings (SSSR count). The van der Waals surface area contributed by atoms with Gasteiger partial charge in [0.1, 0.15) is 4.90 Å². The standard InChI is InChI=1S/C9H9BrN4O2S/c1-17(15,16)7-3-2-4-12-9(7)14-5-6(10)8(11)13-14/h2-5H,1H3,(H2,11,13). The van der Waals surface area contributed by atoms with Gasteiger partial charge in [-0.15, -0.1) is 5.10 Å². The van der Waals surface area contributed by atoms with Crippen LogP contribution in [0.15, 0.2) is 33.9 Å². The van der Waals surface area contributed by atoms with Crippen molar-refractivity contribution in [3.05, 3.63) is 29.0 Å². The molecule has 0 saturated heterocycles. The highest BCUT2D eigenvalue weighted by Gasteiger charge is 2.16. The highest BCUT2D eigenvalue weighted by Crippen LogP contribution is 2.22. The molecule has 0 atom stereocenters. The molecule has 0 spiro atoms. The molecular formula is C9H9BrN4O2S. The summed E-state index contributed by atoms with van der Waals surface area (Å²) in [7, 11) is -3.36. The summed E-state index contributed by atoms with van der Waals surface area (Å²) in [6.45, 7) is 0. The molecule has 0 unspecified atom stereocenters. The van der Waals surface area contributed by atoms with Crippen LogP contribution in [0.2, 0.25) is 0 Å². The predicted molar refractivity (Wildman–Crippen MR) is 66.6 cm³/mol. The van der Waals surface area contributed by atoms with E-state index in [0.717, 1.165) is 6.26 Å². The minimum Gasteiger partial charge on any atom is -0.381 e. The fourth-order valence-corrected chi connectivity index (χ4v) is 2.40. The zero-order valence-corrected chi connectivity index (χ0v) is 11.2. The molecule has 0 amide bonds. The van der Waals surface area contributed by atoms with E-state index in [1.54, 1.807) is 12.3 Å². The highest BCUT2D eigenvalue weighted by atomic mass is 79.9. The number of rotatable bonds is 2. The van der Waals surface area contributed by atoms with Gasteiger partial charge in [0.25, 0.3) is 0 Å². The van der Waals surface area contributed by atoms with Gasteiger partial charge in [-0.2, -0.15) is 0 Å². The molecule has 0 bridgehead atoms. The van der Waals surface area contributed by atoms with Crippen LogP contribution in [0.4, 0.5) is 5.82 Å². The summed E-state index contributed by atoms with van der Waals surface area (Å²) in [6, 6.07) is 3.03. The van der Waals surface area contributed by atoms with Crippen molar-refractivity contribution in [1.82, 2.24) is 14.8 Å². The van der Waals surface area contributed by atoms with Gasteiger partial charge in [-0.1, -0.05) is 0 Å². The quantitative estimate of drug-likeness (QED) is 0.893. The monoisotopic (exact) mass is 316 g/mol. The first-order valence-corrected chi connectivity index (χ1v) is 7.24. The summed E-state index contributed by atoms with van der Waals surface area (Å²) in [5, 5.41) is 3.98. The molecule has 90 valence electrons. The number of pyridine rings is 1. The van der Waals surface area contributed by atoms with Crippen LogP contribution < -0.4 is 5.73 Å². The molecule has 0 aliphatic heterocycles. The second kappa shape index (κ2) is 4.11. The first kappa shape index (κ1) is 12.1. The van der Waals surface area contributed by atoms with E-state index >= 15 is 0 Å². The molecule has 6 nitrogen and oxygen atoms in total. The molecule has 0 fully saturated rings. The fraction of sp³-hybridized carbons (Fsp3) is 0.111. The Morgan fingerprint density at radius 3 is 2.71 bits per heavy atom. The van der Waals surface area contributed by atoms with Crippen molar-refractivity contribution in [3.63, 3.8) is 0 Å². The van der Waals surface area contributed by atoms with Crippen LogP contribution in [0, 0.1) is 0 Å². The maximum absolute atomic E-state index is 11.6. The summed E-state index contributed by atoms with van der Waals surface area (Å²) in [5.74, 6) is 0.502. The van der Waals surface area contributed by atoms with E-state index in [2.05, 4.69) is 26.0 Å². The smallest absolute Gasteiger partial charge is 0.179 e. The number of sulfone groups is 1. The average molecular weight is 317 g/mol. The Morgan fingerprint density at radius 1 is 1.47 bits per heavy atom. The molecule has 0 radical (unpaired) electrons. The highest BCUT2D eigenvalue weighted by molar-refractivity contribution is 9.10. The third-order valence-electron chi connectivity index (χ3n) is 2.06. The van der Waals surface area contributed by atoms with Crippen LogP contribution in [0.25, 0.3) is 5.82 Å². The summed E-state index contributed by atoms with van der Waals surface area (Å²) in [5.41, 5.74) is 5.58. The minimum atomic E-state index is -3.36. The molecule has 2 aromatic rings. The van der Waals surface area contributed by atoms with Gasteiger partial charge >= 0.3 is 0 Å². The van der Waals surface area contributed by atoms with Gasteiger partial charge in [0, 0.05) is 18.6 Å². The lowest BCUT2D eigenvalue weighted by atomic mass is 10.4. The first-order valence-electron chi connectivity index (χ1n) is 4.55. The first-order chi connectivity index (χ1) is 7.89. The Balaban J connectivity index is 2.68. The van der Waals surface area contributed by atoms with Crippen LogP contribution in [0.5, 0.6) is 0 Å². The Kier molecular flexibility index (Phi) is 2.92. The number of hydrogen-bond acceptors (Lipinski definition) is 5. The van der Waals surface area contributed by atoms with Gasteiger partial charge < -0.3 is 5.73 Å². The Morgan fingerprint density at radius 2 is 2.18 bits per heavy atom. The van der Waals surface area contributed by atoms with E-state index in [1.165, 1.54) is 16.9 Å². The normalized spacial score (nSPS) is 11.6. The number of aromatic nitrogens is 3. The Bertz CT molecular complexity index is 646. The van der Waals surface area contributed by atoms with Gasteiger partial charge in [-0.25, -0.2) is 18.1 Å². The van der Waals surface area contributed by atoms with Crippen molar-refractivity contribution in [2.45, 2.75) is 4.90 Å². The zero-order chi connectivity index (χ0) is 12.6. The van der Waals surface area contributed by atoms with E-state index in [4.69, 9.17) is 5.73 Å². The second-order valence-corrected chi connectivity index (χ2v) is 6.24. The van der Waals surface area contributed by atoms with Crippen molar-refractivity contribution in [2.75, 3.05) is 12.0 Å². The van der Waals surface area contributed by atoms with Gasteiger partial charge in [-0.05, 0) is 28.1 Å². The molecule has 0 aliphatic rings. The molecule has 0 aromatic carbocycles. The average Bonchev–Trinajstić information content (AvgIpc) is 2.58. The van der Waals surface area contributed by atoms with Crippen LogP contribution >= 0.6 is 15.9 Å². The predicted octanol–water partition coefficient (Wildman–Crippen LogP) is 1.02. The van der Waals surface area contributed by atoms with E-state index in [1.807, 2.05) is 0 Å². The fourth-order valence-electron chi connectivity index (χ4n) is 1.32. The van der Waals surface area contributed by atoms with Gasteiger partial charge in [-0.3, -0.25) is 0 Å². The number of hydrogen-bond donors (Lipinski definition) is 1. The minimum absolute atomic E-state index is 0.106. The summed E-state index contributed by atoms with van der Waals surface area (Å²) in [4.78, 5) is 4.12.